The molecule has 2 heterocycles. The lowest BCUT2D eigenvalue weighted by molar-refractivity contribution is -0.376. The van der Waals surface area contributed by atoms with Gasteiger partial charge in [0.25, 0.3) is 11.5 Å². The van der Waals surface area contributed by atoms with Crippen LogP contribution in [0, 0.1) is 5.92 Å². The zero-order chi connectivity index (χ0) is 35.6. The number of hydrogen-bond donors (Lipinski definition) is 2. The van der Waals surface area contributed by atoms with E-state index in [0.29, 0.717) is 42.4 Å². The van der Waals surface area contributed by atoms with E-state index in [9.17, 15) is 41.0 Å². The highest BCUT2D eigenvalue weighted by Crippen LogP contribution is 2.51. The van der Waals surface area contributed by atoms with Crippen LogP contribution in [0.25, 0.3) is 6.08 Å². The van der Waals surface area contributed by atoms with Crippen LogP contribution < -0.4 is 19.5 Å². The first kappa shape index (κ1) is 36.3. The highest BCUT2D eigenvalue weighted by Gasteiger charge is 2.71. The summed E-state index contributed by atoms with van der Waals surface area (Å²) in [5, 5.41) is 13.0. The van der Waals surface area contributed by atoms with Gasteiger partial charge < -0.3 is 24.6 Å². The standard InChI is InChI=1S/C35H40F6N2O6/c1-3-9-23-18-26(33(46,34(36,37)38)35(39,40)41)19-24(13-12-22-10-5-4-6-11-22)29(23)47-17-8-7-16-43-30(44)32(2,42-31(43)45)25-14-15-27-28(20-25)49-21-48-27/h12-15,18-20,22,46H,3-11,16-17,21H2,1-2H3,(H,42,45). The fourth-order valence-electron chi connectivity index (χ4n) is 6.58. The number of alkyl halides is 6. The lowest BCUT2D eigenvalue weighted by Gasteiger charge is -2.33. The Morgan fingerprint density at radius 1 is 1.00 bits per heavy atom. The molecule has 3 amide bonds. The van der Waals surface area contributed by atoms with E-state index >= 15 is 0 Å². The number of nitrogens with one attached hydrogen (secondary N) is 1. The predicted molar refractivity (Wildman–Crippen MR) is 167 cm³/mol. The molecule has 2 fully saturated rings. The number of halogens is 6. The van der Waals surface area contributed by atoms with Gasteiger partial charge in [-0.05, 0) is 80.3 Å². The molecular formula is C35H40F6N2O6. The largest absolute Gasteiger partial charge is 0.493 e. The van der Waals surface area contributed by atoms with Crippen LogP contribution in [0.4, 0.5) is 31.1 Å². The Bertz CT molecular complexity index is 1550. The number of rotatable bonds is 12. The molecule has 1 aliphatic carbocycles. The van der Waals surface area contributed by atoms with Crippen molar-refractivity contribution in [2.75, 3.05) is 19.9 Å². The summed E-state index contributed by atoms with van der Waals surface area (Å²) in [7, 11) is 0. The summed E-state index contributed by atoms with van der Waals surface area (Å²) in [6.45, 7) is 3.42. The third-order valence-corrected chi connectivity index (χ3v) is 9.40. The van der Waals surface area contributed by atoms with Gasteiger partial charge in [-0.15, -0.1) is 0 Å². The molecule has 8 nitrogen and oxygen atoms in total. The van der Waals surface area contributed by atoms with Gasteiger partial charge in [0, 0.05) is 17.7 Å². The topological polar surface area (TPSA) is 97.3 Å². The maximum atomic E-state index is 13.9. The van der Waals surface area contributed by atoms with Crippen molar-refractivity contribution < 1.29 is 55.2 Å². The number of urea groups is 1. The van der Waals surface area contributed by atoms with Crippen molar-refractivity contribution in [1.29, 1.82) is 0 Å². The number of fused-ring (bicyclic) bond motifs is 1. The van der Waals surface area contributed by atoms with Crippen molar-refractivity contribution >= 4 is 18.0 Å². The Morgan fingerprint density at radius 3 is 2.37 bits per heavy atom. The van der Waals surface area contributed by atoms with Gasteiger partial charge in [-0.2, -0.15) is 26.3 Å². The van der Waals surface area contributed by atoms with Gasteiger partial charge in [-0.25, -0.2) is 4.79 Å². The van der Waals surface area contributed by atoms with Crippen LogP contribution in [0.2, 0.25) is 0 Å². The Kier molecular flexibility index (Phi) is 10.5. The zero-order valence-electron chi connectivity index (χ0n) is 27.3. The fourth-order valence-corrected chi connectivity index (χ4v) is 6.58. The number of aliphatic hydroxyl groups is 1. The number of carbonyl (C=O) groups is 2. The molecule has 0 aromatic heterocycles. The van der Waals surface area contributed by atoms with Crippen LogP contribution in [0.5, 0.6) is 17.2 Å². The molecule has 1 atom stereocenters. The van der Waals surface area contributed by atoms with Gasteiger partial charge in [-0.3, -0.25) is 9.69 Å². The molecule has 0 radical (unpaired) electrons. The fraction of sp³-hybridized carbons (Fsp3) is 0.543. The maximum absolute atomic E-state index is 13.9. The Balaban J connectivity index is 1.33. The minimum Gasteiger partial charge on any atom is -0.493 e. The number of imide groups is 1. The normalized spacial score (nSPS) is 20.4. The van der Waals surface area contributed by atoms with Crippen LogP contribution in [0.3, 0.4) is 0 Å². The molecule has 1 saturated carbocycles. The minimum atomic E-state index is -6.03. The number of allylic oxidation sites excluding steroid dienone is 1. The van der Waals surface area contributed by atoms with E-state index in [1.165, 1.54) is 6.08 Å². The number of unbranched alkanes of at least 4 members (excludes halogenated alkanes) is 1. The first-order valence-electron chi connectivity index (χ1n) is 16.5. The smallest absolute Gasteiger partial charge is 0.430 e. The summed E-state index contributed by atoms with van der Waals surface area (Å²) in [5.74, 6) is 0.768. The molecule has 268 valence electrons. The van der Waals surface area contributed by atoms with Gasteiger partial charge in [0.2, 0.25) is 6.79 Å². The van der Waals surface area contributed by atoms with Crippen molar-refractivity contribution in [2.24, 2.45) is 5.92 Å². The van der Waals surface area contributed by atoms with E-state index in [1.807, 2.05) is 0 Å². The number of hydrogen-bond acceptors (Lipinski definition) is 6. The van der Waals surface area contributed by atoms with Gasteiger partial charge in [0.1, 0.15) is 11.3 Å². The van der Waals surface area contributed by atoms with E-state index in [0.717, 1.165) is 43.1 Å². The number of carbonyl (C=O) groups excluding carboxylic acids is 2. The number of nitrogens with zero attached hydrogens (tertiary/aromatic N) is 1. The van der Waals surface area contributed by atoms with Crippen molar-refractivity contribution in [1.82, 2.24) is 10.2 Å². The van der Waals surface area contributed by atoms with Crippen molar-refractivity contribution in [3.8, 4) is 17.2 Å². The minimum absolute atomic E-state index is 0.00617. The Hall–Kier alpha value is -3.94. The molecule has 2 aromatic carbocycles. The summed E-state index contributed by atoms with van der Waals surface area (Å²) in [6.07, 6.45) is -2.99. The molecule has 2 N–H and O–H groups in total. The second-order valence-corrected chi connectivity index (χ2v) is 12.9. The van der Waals surface area contributed by atoms with E-state index in [2.05, 4.69) is 5.32 Å². The summed E-state index contributed by atoms with van der Waals surface area (Å²) in [6, 6.07) is 5.83. The summed E-state index contributed by atoms with van der Waals surface area (Å²) < 4.78 is 100. The van der Waals surface area contributed by atoms with Gasteiger partial charge in [-0.1, -0.05) is 50.8 Å². The lowest BCUT2D eigenvalue weighted by atomic mass is 9.86. The molecule has 1 saturated heterocycles. The van der Waals surface area contributed by atoms with Gasteiger partial charge in [0.15, 0.2) is 11.5 Å². The second-order valence-electron chi connectivity index (χ2n) is 12.9. The highest BCUT2D eigenvalue weighted by molar-refractivity contribution is 6.07. The SMILES string of the molecule is CCCc1cc(C(O)(C(F)(F)F)C(F)(F)F)cc(C=CC2CCCCC2)c1OCCCCN1C(=O)NC(C)(c2ccc3c(c2)OCO3)C1=O. The molecule has 14 heteroatoms. The molecule has 2 aromatic rings. The molecule has 0 bridgehead atoms. The van der Waals surface area contributed by atoms with Crippen molar-refractivity contribution in [2.45, 2.75) is 95.1 Å². The molecule has 49 heavy (non-hydrogen) atoms. The highest BCUT2D eigenvalue weighted by atomic mass is 19.4. The van der Waals surface area contributed by atoms with Crippen LogP contribution >= 0.6 is 0 Å². The van der Waals surface area contributed by atoms with Gasteiger partial charge >= 0.3 is 18.4 Å². The maximum Gasteiger partial charge on any atom is 0.430 e. The van der Waals surface area contributed by atoms with Crippen LogP contribution in [-0.4, -0.2) is 54.2 Å². The number of aryl methyl sites for hydroxylation is 1. The monoisotopic (exact) mass is 698 g/mol. The molecule has 5 rings (SSSR count). The predicted octanol–water partition coefficient (Wildman–Crippen LogP) is 7.90. The van der Waals surface area contributed by atoms with Crippen LogP contribution in [-0.2, 0) is 22.4 Å². The molecular weight excluding hydrogens is 658 g/mol. The number of benzene rings is 2. The summed E-state index contributed by atoms with van der Waals surface area (Å²) >= 11 is 0. The van der Waals surface area contributed by atoms with Crippen molar-refractivity contribution in [3.63, 3.8) is 0 Å². The van der Waals surface area contributed by atoms with Gasteiger partial charge in [0.05, 0.1) is 6.61 Å². The van der Waals surface area contributed by atoms with E-state index in [4.69, 9.17) is 14.2 Å². The third-order valence-electron chi connectivity index (χ3n) is 9.40. The van der Waals surface area contributed by atoms with E-state index < -0.39 is 41.0 Å². The molecule has 2 aliphatic heterocycles. The zero-order valence-corrected chi connectivity index (χ0v) is 27.3. The lowest BCUT2D eigenvalue weighted by Crippen LogP contribution is -2.54. The summed E-state index contributed by atoms with van der Waals surface area (Å²) in [4.78, 5) is 27.3. The van der Waals surface area contributed by atoms with Crippen LogP contribution in [0.1, 0.15) is 87.5 Å². The molecule has 1 unspecified atom stereocenters. The molecule has 0 spiro atoms. The number of amides is 3. The Labute approximate surface area is 280 Å². The quantitative estimate of drug-likeness (QED) is 0.133. The first-order chi connectivity index (χ1) is 23.1. The van der Waals surface area contributed by atoms with E-state index in [-0.39, 0.29) is 49.2 Å². The number of ether oxygens (including phenoxy) is 3. The van der Waals surface area contributed by atoms with Crippen molar-refractivity contribution in [3.05, 3.63) is 58.7 Å². The Morgan fingerprint density at radius 2 is 1.69 bits per heavy atom. The molecule has 3 aliphatic rings. The third kappa shape index (κ3) is 7.20. The first-order valence-corrected chi connectivity index (χ1v) is 16.5. The van der Waals surface area contributed by atoms with Crippen LogP contribution in [0.15, 0.2) is 36.4 Å². The summed E-state index contributed by atoms with van der Waals surface area (Å²) in [5.41, 5.74) is -7.11. The average molecular weight is 699 g/mol. The average Bonchev–Trinajstić information content (AvgIpc) is 3.61. The second kappa shape index (κ2) is 14.1. The van der Waals surface area contributed by atoms with E-state index in [1.54, 1.807) is 38.1 Å².